The van der Waals surface area contributed by atoms with E-state index in [4.69, 9.17) is 4.42 Å². The number of nitrogens with zero attached hydrogens (tertiary/aromatic N) is 2. The Hall–Kier alpha value is -4.18. The summed E-state index contributed by atoms with van der Waals surface area (Å²) in [5.41, 5.74) is 3.97. The number of furan rings is 1. The Labute approximate surface area is 191 Å². The van der Waals surface area contributed by atoms with Crippen molar-refractivity contribution in [1.82, 2.24) is 0 Å². The van der Waals surface area contributed by atoms with E-state index in [0.29, 0.717) is 29.9 Å². The number of nitrogens with one attached hydrogen (secondary N) is 1. The van der Waals surface area contributed by atoms with Crippen molar-refractivity contribution >= 4 is 29.3 Å². The molecule has 33 heavy (non-hydrogen) atoms. The number of amides is 3. The lowest BCUT2D eigenvalue weighted by atomic mass is 10.0. The van der Waals surface area contributed by atoms with Gasteiger partial charge in [0.1, 0.15) is 17.4 Å². The van der Waals surface area contributed by atoms with Gasteiger partial charge >= 0.3 is 0 Å². The molecule has 1 aromatic heterocycles. The number of hydrogen-bond donors (Lipinski definition) is 1. The number of imide groups is 1. The normalized spacial score (nSPS) is 12.6. The van der Waals surface area contributed by atoms with Gasteiger partial charge in [0.2, 0.25) is 5.88 Å². The van der Waals surface area contributed by atoms with Crippen molar-refractivity contribution in [3.63, 3.8) is 0 Å². The molecule has 0 aliphatic carbocycles. The summed E-state index contributed by atoms with van der Waals surface area (Å²) in [5, 5.41) is 12.0. The van der Waals surface area contributed by atoms with Crippen LogP contribution in [0, 0.1) is 25.2 Å². The lowest BCUT2D eigenvalue weighted by Gasteiger charge is -2.21. The van der Waals surface area contributed by atoms with E-state index < -0.39 is 17.7 Å². The van der Waals surface area contributed by atoms with E-state index in [-0.39, 0.29) is 28.1 Å². The zero-order valence-electron chi connectivity index (χ0n) is 18.9. The lowest BCUT2D eigenvalue weighted by Crippen LogP contribution is -2.31. The number of nitriles is 1. The van der Waals surface area contributed by atoms with Crippen molar-refractivity contribution in [3.05, 3.63) is 81.1 Å². The largest absolute Gasteiger partial charge is 0.444 e. The number of benzene rings is 2. The van der Waals surface area contributed by atoms with Gasteiger partial charge in [-0.25, -0.2) is 4.90 Å². The van der Waals surface area contributed by atoms with Crippen molar-refractivity contribution in [2.24, 2.45) is 0 Å². The number of carbonyl (C=O) groups is 3. The standard InChI is InChI=1S/C26H23N3O4/c1-5-16-8-7-9-17(6-2)22(16)29-25(31)19-11-10-18(12-20(19)26(29)32)23(30)28-24-21(13-27)14(3)15(4)33-24/h7-12H,5-6H2,1-4H3,(H,28,30). The van der Waals surface area contributed by atoms with Crippen LogP contribution in [0.4, 0.5) is 11.6 Å². The Morgan fingerprint density at radius 3 is 2.27 bits per heavy atom. The molecule has 0 saturated carbocycles. The first-order valence-electron chi connectivity index (χ1n) is 10.8. The topological polar surface area (TPSA) is 103 Å². The fraction of sp³-hybridized carbons (Fsp3) is 0.231. The van der Waals surface area contributed by atoms with E-state index in [1.807, 2.05) is 38.1 Å². The summed E-state index contributed by atoms with van der Waals surface area (Å²) < 4.78 is 5.50. The van der Waals surface area contributed by atoms with Crippen LogP contribution in [0.15, 0.2) is 40.8 Å². The van der Waals surface area contributed by atoms with Crippen LogP contribution in [-0.2, 0) is 12.8 Å². The van der Waals surface area contributed by atoms with Gasteiger partial charge in [0.05, 0.1) is 16.8 Å². The van der Waals surface area contributed by atoms with E-state index in [9.17, 15) is 19.6 Å². The van der Waals surface area contributed by atoms with Gasteiger partial charge in [0.15, 0.2) is 0 Å². The van der Waals surface area contributed by atoms with E-state index in [1.165, 1.54) is 23.1 Å². The molecule has 0 saturated heterocycles. The SMILES string of the molecule is CCc1cccc(CC)c1N1C(=O)c2ccc(C(=O)Nc3oc(C)c(C)c3C#N)cc2C1=O. The summed E-state index contributed by atoms with van der Waals surface area (Å²) in [6, 6.07) is 12.2. The molecule has 7 nitrogen and oxygen atoms in total. The van der Waals surface area contributed by atoms with Crippen molar-refractivity contribution in [3.8, 4) is 6.07 Å². The van der Waals surface area contributed by atoms with E-state index in [1.54, 1.807) is 13.8 Å². The van der Waals surface area contributed by atoms with Crippen LogP contribution in [0.3, 0.4) is 0 Å². The molecule has 3 amide bonds. The molecule has 2 heterocycles. The third kappa shape index (κ3) is 3.50. The maximum absolute atomic E-state index is 13.3. The molecule has 7 heteroatoms. The highest BCUT2D eigenvalue weighted by atomic mass is 16.4. The second kappa shape index (κ2) is 8.40. The Balaban J connectivity index is 1.70. The molecule has 0 bridgehead atoms. The van der Waals surface area contributed by atoms with Crippen LogP contribution in [-0.4, -0.2) is 17.7 Å². The third-order valence-electron chi connectivity index (χ3n) is 6.06. The molecule has 2 aromatic carbocycles. The first kappa shape index (κ1) is 22.0. The summed E-state index contributed by atoms with van der Waals surface area (Å²) in [6.45, 7) is 7.40. The molecule has 1 aliphatic rings. The van der Waals surface area contributed by atoms with Gasteiger partial charge in [0, 0.05) is 11.1 Å². The molecule has 0 unspecified atom stereocenters. The number of fused-ring (bicyclic) bond motifs is 1. The zero-order chi connectivity index (χ0) is 23.9. The maximum Gasteiger partial charge on any atom is 0.266 e. The Morgan fingerprint density at radius 2 is 1.67 bits per heavy atom. The van der Waals surface area contributed by atoms with Crippen LogP contribution in [0.2, 0.25) is 0 Å². The molecular formula is C26H23N3O4. The first-order valence-corrected chi connectivity index (χ1v) is 10.8. The summed E-state index contributed by atoms with van der Waals surface area (Å²) in [7, 11) is 0. The lowest BCUT2D eigenvalue weighted by molar-refractivity contribution is 0.0924. The minimum Gasteiger partial charge on any atom is -0.444 e. The van der Waals surface area contributed by atoms with Gasteiger partial charge in [-0.05, 0) is 56.0 Å². The maximum atomic E-state index is 13.3. The number of carbonyl (C=O) groups excluding carboxylic acids is 3. The predicted molar refractivity (Wildman–Crippen MR) is 124 cm³/mol. The second-order valence-electron chi connectivity index (χ2n) is 7.89. The smallest absolute Gasteiger partial charge is 0.266 e. The zero-order valence-corrected chi connectivity index (χ0v) is 18.9. The molecule has 0 atom stereocenters. The van der Waals surface area contributed by atoms with Gasteiger partial charge in [-0.3, -0.25) is 19.7 Å². The molecule has 0 spiro atoms. The number of aryl methyl sites for hydroxylation is 3. The highest BCUT2D eigenvalue weighted by molar-refractivity contribution is 6.35. The van der Waals surface area contributed by atoms with Crippen LogP contribution >= 0.6 is 0 Å². The third-order valence-corrected chi connectivity index (χ3v) is 6.06. The average Bonchev–Trinajstić information content (AvgIpc) is 3.23. The minimum atomic E-state index is -0.537. The highest BCUT2D eigenvalue weighted by Gasteiger charge is 2.39. The number of hydrogen-bond acceptors (Lipinski definition) is 5. The quantitative estimate of drug-likeness (QED) is 0.565. The van der Waals surface area contributed by atoms with Gasteiger partial charge in [-0.15, -0.1) is 0 Å². The molecular weight excluding hydrogens is 418 g/mol. The Morgan fingerprint density at radius 1 is 1.03 bits per heavy atom. The van der Waals surface area contributed by atoms with Crippen LogP contribution in [0.25, 0.3) is 0 Å². The monoisotopic (exact) mass is 441 g/mol. The number of anilines is 2. The molecule has 1 N–H and O–H groups in total. The summed E-state index contributed by atoms with van der Waals surface area (Å²) in [5.74, 6) is -0.797. The van der Waals surface area contributed by atoms with Gasteiger partial charge < -0.3 is 4.42 Å². The second-order valence-corrected chi connectivity index (χ2v) is 7.89. The first-order chi connectivity index (χ1) is 15.8. The number of rotatable bonds is 5. The van der Waals surface area contributed by atoms with Gasteiger partial charge in [-0.2, -0.15) is 5.26 Å². The fourth-order valence-corrected chi connectivity index (χ4v) is 4.11. The predicted octanol–water partition coefficient (Wildman–Crippen LogP) is 4.95. The summed E-state index contributed by atoms with van der Waals surface area (Å²) >= 11 is 0. The van der Waals surface area contributed by atoms with Gasteiger partial charge in [-0.1, -0.05) is 32.0 Å². The highest BCUT2D eigenvalue weighted by Crippen LogP contribution is 2.35. The summed E-state index contributed by atoms with van der Waals surface area (Å²) in [6.07, 6.45) is 1.35. The van der Waals surface area contributed by atoms with E-state index in [2.05, 4.69) is 5.32 Å². The molecule has 1 aliphatic heterocycles. The van der Waals surface area contributed by atoms with Crippen molar-refractivity contribution in [2.45, 2.75) is 40.5 Å². The van der Waals surface area contributed by atoms with Crippen molar-refractivity contribution < 1.29 is 18.8 Å². The average molecular weight is 441 g/mol. The van der Waals surface area contributed by atoms with Crippen LogP contribution in [0.1, 0.15) is 72.9 Å². The molecule has 4 rings (SSSR count). The Kier molecular flexibility index (Phi) is 5.60. The Bertz CT molecular complexity index is 1340. The summed E-state index contributed by atoms with van der Waals surface area (Å²) in [4.78, 5) is 40.6. The van der Waals surface area contributed by atoms with Crippen molar-refractivity contribution in [1.29, 1.82) is 5.26 Å². The number of para-hydroxylation sites is 1. The molecule has 166 valence electrons. The van der Waals surface area contributed by atoms with E-state index >= 15 is 0 Å². The van der Waals surface area contributed by atoms with Crippen molar-refractivity contribution in [2.75, 3.05) is 10.2 Å². The van der Waals surface area contributed by atoms with Gasteiger partial charge in [0.25, 0.3) is 17.7 Å². The fourth-order valence-electron chi connectivity index (χ4n) is 4.11. The minimum absolute atomic E-state index is 0.0616. The molecule has 3 aromatic rings. The van der Waals surface area contributed by atoms with E-state index in [0.717, 1.165) is 11.1 Å². The van der Waals surface area contributed by atoms with Crippen LogP contribution in [0.5, 0.6) is 0 Å². The van der Waals surface area contributed by atoms with Crippen LogP contribution < -0.4 is 10.2 Å². The molecule has 0 radical (unpaired) electrons. The molecule has 0 fully saturated rings.